The number of hydrogen-bond acceptors (Lipinski definition) is 7. The highest BCUT2D eigenvalue weighted by molar-refractivity contribution is 6.33. The number of unbranched alkanes of at least 4 members (excludes halogenated alkanes) is 1. The van der Waals surface area contributed by atoms with E-state index in [1.807, 2.05) is 61.5 Å². The van der Waals surface area contributed by atoms with Crippen molar-refractivity contribution in [1.29, 1.82) is 0 Å². The quantitative estimate of drug-likeness (QED) is 0.111. The Bertz CT molecular complexity index is 2010. The molecule has 0 saturated heterocycles. The van der Waals surface area contributed by atoms with Gasteiger partial charge in [0.15, 0.2) is 0 Å². The number of carbonyl (C=O) groups excluding carboxylic acids is 1. The van der Waals surface area contributed by atoms with E-state index in [4.69, 9.17) is 21.4 Å². The Hall–Kier alpha value is -5.61. The molecule has 0 fully saturated rings. The number of amides is 2. The molecule has 0 unspecified atom stereocenters. The maximum absolute atomic E-state index is 13.4. The molecule has 4 aromatic carbocycles. The smallest absolute Gasteiger partial charge is 0.324 e. The summed E-state index contributed by atoms with van der Waals surface area (Å²) in [5.41, 5.74) is 4.07. The average Bonchev–Trinajstić information content (AvgIpc) is 3.45. The first-order valence-corrected chi connectivity index (χ1v) is 15.3. The predicted molar refractivity (Wildman–Crippen MR) is 182 cm³/mol. The van der Waals surface area contributed by atoms with E-state index in [0.717, 1.165) is 47.0 Å². The number of aryl methyl sites for hydroxylation is 2. The molecular weight excluding hydrogens is 602 g/mol. The van der Waals surface area contributed by atoms with Gasteiger partial charge in [-0.1, -0.05) is 66.9 Å². The number of fused-ring (bicyclic) bond motifs is 1. The van der Waals surface area contributed by atoms with Crippen molar-refractivity contribution in [3.63, 3.8) is 0 Å². The van der Waals surface area contributed by atoms with Gasteiger partial charge in [0.05, 0.1) is 27.8 Å². The third kappa shape index (κ3) is 7.03. The molecule has 2 heterocycles. The number of nitrogens with zero attached hydrogens (tertiary/aromatic N) is 4. The van der Waals surface area contributed by atoms with Crippen LogP contribution in [-0.4, -0.2) is 30.9 Å². The van der Waals surface area contributed by atoms with Gasteiger partial charge in [-0.3, -0.25) is 5.32 Å². The highest BCUT2D eigenvalue weighted by atomic mass is 35.5. The lowest BCUT2D eigenvalue weighted by Gasteiger charge is -2.14. The highest BCUT2D eigenvalue weighted by Crippen LogP contribution is 2.35. The van der Waals surface area contributed by atoms with Crippen LogP contribution in [0, 0.1) is 6.92 Å². The molecule has 6 rings (SSSR count). The zero-order valence-corrected chi connectivity index (χ0v) is 26.0. The number of rotatable bonds is 10. The molecular formula is C35H32ClN7O3. The van der Waals surface area contributed by atoms with Crippen molar-refractivity contribution in [1.82, 2.24) is 19.7 Å². The SMILES string of the molecule is CCCCc1cc(NC(=O)Nc2ccc(Oc3ccnc(Nc4ccc(O)cc4Cl)n3)c3ccccc23)n(-c2ccc(C)cc2)n1. The summed E-state index contributed by atoms with van der Waals surface area (Å²) in [4.78, 5) is 22.1. The van der Waals surface area contributed by atoms with E-state index in [-0.39, 0.29) is 11.7 Å². The van der Waals surface area contributed by atoms with Crippen molar-refractivity contribution in [3.8, 4) is 23.1 Å². The number of aromatic hydroxyl groups is 1. The Morgan fingerprint density at radius 1 is 0.935 bits per heavy atom. The Morgan fingerprint density at radius 3 is 2.50 bits per heavy atom. The summed E-state index contributed by atoms with van der Waals surface area (Å²) in [6, 6.07) is 26.9. The van der Waals surface area contributed by atoms with E-state index in [1.165, 1.54) is 12.1 Å². The van der Waals surface area contributed by atoms with Gasteiger partial charge in [-0.25, -0.2) is 14.5 Å². The molecule has 2 aromatic heterocycles. The van der Waals surface area contributed by atoms with Crippen molar-refractivity contribution in [2.75, 3.05) is 16.0 Å². The Morgan fingerprint density at radius 2 is 1.72 bits per heavy atom. The van der Waals surface area contributed by atoms with Crippen molar-refractivity contribution in [2.45, 2.75) is 33.1 Å². The summed E-state index contributed by atoms with van der Waals surface area (Å²) < 4.78 is 7.94. The van der Waals surface area contributed by atoms with Crippen LogP contribution in [0.2, 0.25) is 5.02 Å². The standard InChI is InChI=1S/C35H32ClN7O3/c1-3-4-7-23-20-32(43(42-23)24-12-10-22(2)11-13-24)40-35(45)39-29-16-17-31(27-9-6-5-8-26(27)29)46-33-18-19-37-34(41-33)38-30-15-14-25(44)21-28(30)36/h5-6,8-21,44H,3-4,7H2,1-2H3,(H,37,38,41)(H2,39,40,45). The van der Waals surface area contributed by atoms with Crippen LogP contribution >= 0.6 is 11.6 Å². The van der Waals surface area contributed by atoms with E-state index in [0.29, 0.717) is 33.8 Å². The number of carbonyl (C=O) groups is 1. The average molecular weight is 634 g/mol. The molecule has 0 bridgehead atoms. The number of benzene rings is 4. The monoisotopic (exact) mass is 633 g/mol. The maximum atomic E-state index is 13.4. The third-order valence-corrected chi connectivity index (χ3v) is 7.56. The van der Waals surface area contributed by atoms with Gasteiger partial charge in [0, 0.05) is 35.2 Å². The number of phenols is 1. The molecule has 0 atom stereocenters. The van der Waals surface area contributed by atoms with Gasteiger partial charge < -0.3 is 20.5 Å². The number of nitrogens with one attached hydrogen (secondary N) is 3. The molecule has 0 aliphatic carbocycles. The number of aromatic nitrogens is 4. The molecule has 0 aliphatic rings. The number of ether oxygens (including phenoxy) is 1. The highest BCUT2D eigenvalue weighted by Gasteiger charge is 2.15. The number of urea groups is 1. The van der Waals surface area contributed by atoms with E-state index in [2.05, 4.69) is 32.8 Å². The first kappa shape index (κ1) is 30.4. The third-order valence-electron chi connectivity index (χ3n) is 7.24. The zero-order valence-electron chi connectivity index (χ0n) is 25.3. The Balaban J connectivity index is 1.21. The molecule has 0 saturated carbocycles. The lowest BCUT2D eigenvalue weighted by atomic mass is 10.1. The lowest BCUT2D eigenvalue weighted by Crippen LogP contribution is -2.21. The largest absolute Gasteiger partial charge is 0.508 e. The molecule has 232 valence electrons. The molecule has 10 nitrogen and oxygen atoms in total. The zero-order chi connectivity index (χ0) is 32.0. The Labute approximate surface area is 271 Å². The number of phenolic OH excluding ortho intramolecular Hbond substituents is 1. The fourth-order valence-electron chi connectivity index (χ4n) is 4.92. The summed E-state index contributed by atoms with van der Waals surface area (Å²) in [6.07, 6.45) is 4.45. The fourth-order valence-corrected chi connectivity index (χ4v) is 5.14. The van der Waals surface area contributed by atoms with Gasteiger partial charge in [0.2, 0.25) is 11.8 Å². The van der Waals surface area contributed by atoms with Crippen LogP contribution < -0.4 is 20.7 Å². The molecule has 0 spiro atoms. The van der Waals surface area contributed by atoms with Crippen molar-refractivity contribution >= 4 is 51.5 Å². The summed E-state index contributed by atoms with van der Waals surface area (Å²) >= 11 is 6.22. The van der Waals surface area contributed by atoms with Crippen LogP contribution in [0.3, 0.4) is 0 Å². The maximum Gasteiger partial charge on any atom is 0.324 e. The van der Waals surface area contributed by atoms with Gasteiger partial charge in [-0.2, -0.15) is 10.1 Å². The van der Waals surface area contributed by atoms with Crippen LogP contribution in [-0.2, 0) is 6.42 Å². The molecule has 4 N–H and O–H groups in total. The summed E-state index contributed by atoms with van der Waals surface area (Å²) in [7, 11) is 0. The van der Waals surface area contributed by atoms with Crippen LogP contribution in [0.1, 0.15) is 31.0 Å². The topological polar surface area (TPSA) is 126 Å². The minimum Gasteiger partial charge on any atom is -0.508 e. The Kier molecular flexibility index (Phi) is 8.98. The van der Waals surface area contributed by atoms with Gasteiger partial charge in [0.1, 0.15) is 17.3 Å². The second kappa shape index (κ2) is 13.6. The summed E-state index contributed by atoms with van der Waals surface area (Å²) in [6.45, 7) is 4.17. The van der Waals surface area contributed by atoms with Crippen LogP contribution in [0.5, 0.6) is 17.4 Å². The molecule has 0 aliphatic heterocycles. The lowest BCUT2D eigenvalue weighted by molar-refractivity contribution is 0.262. The van der Waals surface area contributed by atoms with Gasteiger partial charge in [0.25, 0.3) is 0 Å². The van der Waals surface area contributed by atoms with Crippen LogP contribution in [0.15, 0.2) is 97.2 Å². The first-order valence-electron chi connectivity index (χ1n) is 14.9. The minimum atomic E-state index is -0.395. The van der Waals surface area contributed by atoms with Crippen LogP contribution in [0.25, 0.3) is 16.5 Å². The van der Waals surface area contributed by atoms with Crippen molar-refractivity contribution in [3.05, 3.63) is 113 Å². The second-order valence-electron chi connectivity index (χ2n) is 10.7. The van der Waals surface area contributed by atoms with Crippen LogP contribution in [0.4, 0.5) is 27.9 Å². The van der Waals surface area contributed by atoms with Gasteiger partial charge >= 0.3 is 6.03 Å². The van der Waals surface area contributed by atoms with E-state index < -0.39 is 6.03 Å². The number of anilines is 4. The molecule has 0 radical (unpaired) electrons. The minimum absolute atomic E-state index is 0.0567. The summed E-state index contributed by atoms with van der Waals surface area (Å²) in [5.74, 6) is 1.76. The first-order chi connectivity index (χ1) is 22.4. The molecule has 46 heavy (non-hydrogen) atoms. The number of hydrogen-bond donors (Lipinski definition) is 4. The molecule has 11 heteroatoms. The fraction of sp³-hybridized carbons (Fsp3) is 0.143. The van der Waals surface area contributed by atoms with E-state index in [1.54, 1.807) is 35.1 Å². The molecule has 2 amide bonds. The van der Waals surface area contributed by atoms with Crippen molar-refractivity contribution in [2.24, 2.45) is 0 Å². The summed E-state index contributed by atoms with van der Waals surface area (Å²) in [5, 5.41) is 25.3. The van der Waals surface area contributed by atoms with Crippen molar-refractivity contribution < 1.29 is 14.6 Å². The number of halogens is 1. The predicted octanol–water partition coefficient (Wildman–Crippen LogP) is 9.01. The molecule has 6 aromatic rings. The normalized spacial score (nSPS) is 10.9. The van der Waals surface area contributed by atoms with Gasteiger partial charge in [-0.15, -0.1) is 0 Å². The second-order valence-corrected chi connectivity index (χ2v) is 11.1. The van der Waals surface area contributed by atoms with E-state index >= 15 is 0 Å². The van der Waals surface area contributed by atoms with Gasteiger partial charge in [-0.05, 0) is 56.2 Å². The van der Waals surface area contributed by atoms with E-state index in [9.17, 15) is 9.90 Å².